The normalized spacial score (nSPS) is 10.7. The van der Waals surface area contributed by atoms with Gasteiger partial charge in [0.25, 0.3) is 5.91 Å². The number of carbonyl (C=O) groups excluding carboxylic acids is 1. The van der Waals surface area contributed by atoms with Crippen molar-refractivity contribution in [3.63, 3.8) is 0 Å². The number of hydrogen-bond donors (Lipinski definition) is 1. The lowest BCUT2D eigenvalue weighted by Gasteiger charge is -2.06. The molecule has 0 aliphatic carbocycles. The molecular weight excluding hydrogens is 309 g/mol. The molecule has 0 unspecified atom stereocenters. The van der Waals surface area contributed by atoms with E-state index in [1.54, 1.807) is 18.2 Å². The number of anilines is 1. The standard InChI is InChI=1S/C15H11ClFN3O2/c1-22-13-4-3-10(6-11(13)16)18-15(21)12-8-20-7-9(17)2-5-14(20)19-12/h2-8H,1H3,(H,18,21). The van der Waals surface area contributed by atoms with Gasteiger partial charge >= 0.3 is 0 Å². The maximum Gasteiger partial charge on any atom is 0.275 e. The Morgan fingerprint density at radius 3 is 2.86 bits per heavy atom. The van der Waals surface area contributed by atoms with Crippen LogP contribution in [0.3, 0.4) is 0 Å². The number of imidazole rings is 1. The third-order valence-corrected chi connectivity index (χ3v) is 3.35. The molecule has 2 heterocycles. The van der Waals surface area contributed by atoms with Crippen molar-refractivity contribution >= 4 is 28.8 Å². The van der Waals surface area contributed by atoms with Crippen LogP contribution in [0.1, 0.15) is 10.5 Å². The van der Waals surface area contributed by atoms with Gasteiger partial charge in [-0.15, -0.1) is 0 Å². The Labute approximate surface area is 130 Å². The Balaban J connectivity index is 1.85. The first-order valence-corrected chi connectivity index (χ1v) is 6.74. The van der Waals surface area contributed by atoms with Crippen LogP contribution in [0.4, 0.5) is 10.1 Å². The average Bonchev–Trinajstić information content (AvgIpc) is 2.90. The summed E-state index contributed by atoms with van der Waals surface area (Å²) >= 11 is 6.00. The van der Waals surface area contributed by atoms with Crippen LogP contribution in [0.2, 0.25) is 5.02 Å². The largest absolute Gasteiger partial charge is 0.495 e. The Hall–Kier alpha value is -2.60. The molecule has 1 N–H and O–H groups in total. The fourth-order valence-electron chi connectivity index (χ4n) is 2.01. The maximum atomic E-state index is 13.1. The van der Waals surface area contributed by atoms with E-state index >= 15 is 0 Å². The monoisotopic (exact) mass is 319 g/mol. The van der Waals surface area contributed by atoms with E-state index in [9.17, 15) is 9.18 Å². The van der Waals surface area contributed by atoms with E-state index in [4.69, 9.17) is 16.3 Å². The number of hydrogen-bond acceptors (Lipinski definition) is 3. The summed E-state index contributed by atoms with van der Waals surface area (Å²) < 4.78 is 19.6. The topological polar surface area (TPSA) is 55.6 Å². The van der Waals surface area contributed by atoms with Crippen LogP contribution < -0.4 is 10.1 Å². The lowest BCUT2D eigenvalue weighted by atomic mass is 10.3. The highest BCUT2D eigenvalue weighted by Crippen LogP contribution is 2.27. The minimum Gasteiger partial charge on any atom is -0.495 e. The summed E-state index contributed by atoms with van der Waals surface area (Å²) in [6, 6.07) is 7.67. The second-order valence-corrected chi connectivity index (χ2v) is 4.95. The third kappa shape index (κ3) is 2.73. The molecule has 1 aromatic carbocycles. The number of rotatable bonds is 3. The second kappa shape index (κ2) is 5.65. The van der Waals surface area contributed by atoms with Crippen molar-refractivity contribution in [2.45, 2.75) is 0 Å². The summed E-state index contributed by atoms with van der Waals surface area (Å²) in [6.45, 7) is 0. The van der Waals surface area contributed by atoms with Crippen LogP contribution in [-0.2, 0) is 0 Å². The number of amides is 1. The summed E-state index contributed by atoms with van der Waals surface area (Å²) in [5, 5.41) is 3.06. The summed E-state index contributed by atoms with van der Waals surface area (Å²) in [5.74, 6) is -0.299. The number of ether oxygens (including phenoxy) is 1. The summed E-state index contributed by atoms with van der Waals surface area (Å²) in [6.07, 6.45) is 2.71. The van der Waals surface area contributed by atoms with Crippen LogP contribution in [0.5, 0.6) is 5.75 Å². The number of nitrogens with one attached hydrogen (secondary N) is 1. The number of pyridine rings is 1. The van der Waals surface area contributed by atoms with Gasteiger partial charge in [0, 0.05) is 18.1 Å². The van der Waals surface area contributed by atoms with Crippen LogP contribution >= 0.6 is 11.6 Å². The Morgan fingerprint density at radius 2 is 2.14 bits per heavy atom. The number of carbonyl (C=O) groups is 1. The van der Waals surface area contributed by atoms with Gasteiger partial charge in [-0.2, -0.15) is 0 Å². The molecule has 1 amide bonds. The molecule has 7 heteroatoms. The zero-order chi connectivity index (χ0) is 15.7. The number of methoxy groups -OCH3 is 1. The van der Waals surface area contributed by atoms with Crippen LogP contribution in [-0.4, -0.2) is 22.4 Å². The molecule has 0 saturated carbocycles. The molecule has 0 spiro atoms. The zero-order valence-corrected chi connectivity index (χ0v) is 12.3. The van der Waals surface area contributed by atoms with E-state index in [1.165, 1.54) is 36.0 Å². The molecule has 0 atom stereocenters. The van der Waals surface area contributed by atoms with Crippen molar-refractivity contribution in [2.75, 3.05) is 12.4 Å². The predicted octanol–water partition coefficient (Wildman–Crippen LogP) is 3.39. The molecule has 0 bridgehead atoms. The maximum absolute atomic E-state index is 13.1. The minimum atomic E-state index is -0.412. The van der Waals surface area contributed by atoms with Gasteiger partial charge < -0.3 is 14.5 Å². The van der Waals surface area contributed by atoms with E-state index in [2.05, 4.69) is 10.3 Å². The lowest BCUT2D eigenvalue weighted by molar-refractivity contribution is 0.102. The van der Waals surface area contributed by atoms with E-state index in [0.29, 0.717) is 22.1 Å². The smallest absolute Gasteiger partial charge is 0.275 e. The Kier molecular flexibility index (Phi) is 3.68. The van der Waals surface area contributed by atoms with Crippen LogP contribution in [0.15, 0.2) is 42.7 Å². The lowest BCUT2D eigenvalue weighted by Crippen LogP contribution is -2.12. The number of fused-ring (bicyclic) bond motifs is 1. The quantitative estimate of drug-likeness (QED) is 0.805. The molecule has 5 nitrogen and oxygen atoms in total. The van der Waals surface area contributed by atoms with Crippen molar-refractivity contribution in [2.24, 2.45) is 0 Å². The highest BCUT2D eigenvalue weighted by atomic mass is 35.5. The Bertz CT molecular complexity index is 863. The van der Waals surface area contributed by atoms with Crippen LogP contribution in [0.25, 0.3) is 5.65 Å². The number of nitrogens with zero attached hydrogens (tertiary/aromatic N) is 2. The fraction of sp³-hybridized carbons (Fsp3) is 0.0667. The highest BCUT2D eigenvalue weighted by Gasteiger charge is 2.12. The molecule has 2 aromatic heterocycles. The van der Waals surface area contributed by atoms with Crippen molar-refractivity contribution in [3.05, 3.63) is 59.3 Å². The minimum absolute atomic E-state index is 0.178. The van der Waals surface area contributed by atoms with Gasteiger partial charge in [0.05, 0.1) is 12.1 Å². The summed E-state index contributed by atoms with van der Waals surface area (Å²) in [7, 11) is 1.51. The van der Waals surface area contributed by atoms with E-state index in [-0.39, 0.29) is 5.69 Å². The van der Waals surface area contributed by atoms with Gasteiger partial charge in [0.15, 0.2) is 0 Å². The molecule has 3 rings (SSSR count). The molecule has 0 radical (unpaired) electrons. The fourth-order valence-corrected chi connectivity index (χ4v) is 2.27. The number of halogens is 2. The van der Waals surface area contributed by atoms with Gasteiger partial charge in [0.1, 0.15) is 22.9 Å². The highest BCUT2D eigenvalue weighted by molar-refractivity contribution is 6.32. The van der Waals surface area contributed by atoms with Gasteiger partial charge in [-0.05, 0) is 30.3 Å². The first kappa shape index (κ1) is 14.3. The van der Waals surface area contributed by atoms with E-state index in [0.717, 1.165) is 0 Å². The molecule has 3 aromatic rings. The molecule has 0 fully saturated rings. The number of benzene rings is 1. The predicted molar refractivity (Wildman–Crippen MR) is 81.1 cm³/mol. The molecule has 0 aliphatic rings. The molecule has 112 valence electrons. The van der Waals surface area contributed by atoms with Crippen molar-refractivity contribution < 1.29 is 13.9 Å². The van der Waals surface area contributed by atoms with Gasteiger partial charge in [-0.1, -0.05) is 11.6 Å². The molecule has 0 saturated heterocycles. The van der Waals surface area contributed by atoms with Gasteiger partial charge in [-0.25, -0.2) is 9.37 Å². The zero-order valence-electron chi connectivity index (χ0n) is 11.5. The van der Waals surface area contributed by atoms with Gasteiger partial charge in [0.2, 0.25) is 0 Å². The summed E-state index contributed by atoms with van der Waals surface area (Å²) in [4.78, 5) is 16.3. The number of aromatic nitrogens is 2. The average molecular weight is 320 g/mol. The SMILES string of the molecule is COc1ccc(NC(=O)c2cn3cc(F)ccc3n2)cc1Cl. The van der Waals surface area contributed by atoms with Crippen molar-refractivity contribution in [3.8, 4) is 5.75 Å². The third-order valence-electron chi connectivity index (χ3n) is 3.06. The second-order valence-electron chi connectivity index (χ2n) is 4.54. The first-order valence-electron chi connectivity index (χ1n) is 6.36. The summed E-state index contributed by atoms with van der Waals surface area (Å²) in [5.41, 5.74) is 1.18. The molecular formula is C15H11ClFN3O2. The van der Waals surface area contributed by atoms with Crippen LogP contribution in [0, 0.1) is 5.82 Å². The van der Waals surface area contributed by atoms with E-state index in [1.807, 2.05) is 0 Å². The van der Waals surface area contributed by atoms with Crippen molar-refractivity contribution in [1.82, 2.24) is 9.38 Å². The molecule has 22 heavy (non-hydrogen) atoms. The van der Waals surface area contributed by atoms with Crippen molar-refractivity contribution in [1.29, 1.82) is 0 Å². The Morgan fingerprint density at radius 1 is 1.32 bits per heavy atom. The first-order chi connectivity index (χ1) is 10.6. The molecule has 0 aliphatic heterocycles. The van der Waals surface area contributed by atoms with Gasteiger partial charge in [-0.3, -0.25) is 4.79 Å². The van der Waals surface area contributed by atoms with E-state index < -0.39 is 11.7 Å².